The van der Waals surface area contributed by atoms with Crippen molar-refractivity contribution in [2.24, 2.45) is 23.2 Å². The predicted molar refractivity (Wildman–Crippen MR) is 79.2 cm³/mol. The minimum Gasteiger partial charge on any atom is -0.375 e. The van der Waals surface area contributed by atoms with Gasteiger partial charge in [0.05, 0.1) is 12.2 Å². The van der Waals surface area contributed by atoms with Gasteiger partial charge >= 0.3 is 0 Å². The third kappa shape index (κ3) is 3.33. The molecular formula is C17H31NO. The molecule has 4 atom stereocenters. The van der Waals surface area contributed by atoms with Gasteiger partial charge < -0.3 is 10.1 Å². The Labute approximate surface area is 118 Å². The molecule has 1 heterocycles. The molecule has 0 amide bonds. The molecule has 0 aromatic heterocycles. The third-order valence-corrected chi connectivity index (χ3v) is 5.49. The molecule has 3 rings (SSSR count). The molecule has 1 N–H and O–H groups in total. The molecule has 2 aliphatic carbocycles. The highest BCUT2D eigenvalue weighted by atomic mass is 16.5. The Balaban J connectivity index is 1.54. The largest absolute Gasteiger partial charge is 0.375 e. The second kappa shape index (κ2) is 5.37. The lowest BCUT2D eigenvalue weighted by atomic mass is 9.77. The Morgan fingerprint density at radius 3 is 2.53 bits per heavy atom. The van der Waals surface area contributed by atoms with Crippen LogP contribution in [0.2, 0.25) is 0 Å². The van der Waals surface area contributed by atoms with Crippen molar-refractivity contribution in [3.63, 3.8) is 0 Å². The quantitative estimate of drug-likeness (QED) is 0.792. The summed E-state index contributed by atoms with van der Waals surface area (Å²) < 4.78 is 6.10. The van der Waals surface area contributed by atoms with Crippen molar-refractivity contribution >= 4 is 0 Å². The summed E-state index contributed by atoms with van der Waals surface area (Å²) in [6.07, 6.45) is 9.39. The fourth-order valence-corrected chi connectivity index (χ4v) is 4.53. The average molecular weight is 265 g/mol. The van der Waals surface area contributed by atoms with E-state index in [2.05, 4.69) is 26.1 Å². The molecule has 4 unspecified atom stereocenters. The maximum Gasteiger partial charge on any atom is 0.0585 e. The first-order chi connectivity index (χ1) is 9.06. The Morgan fingerprint density at radius 1 is 1.21 bits per heavy atom. The zero-order chi connectivity index (χ0) is 13.5. The van der Waals surface area contributed by atoms with Crippen molar-refractivity contribution in [3.8, 4) is 0 Å². The molecule has 2 nitrogen and oxygen atoms in total. The van der Waals surface area contributed by atoms with Crippen molar-refractivity contribution in [1.82, 2.24) is 5.32 Å². The summed E-state index contributed by atoms with van der Waals surface area (Å²) in [6.45, 7) is 9.22. The number of rotatable bonds is 6. The van der Waals surface area contributed by atoms with Crippen molar-refractivity contribution in [2.75, 3.05) is 13.1 Å². The summed E-state index contributed by atoms with van der Waals surface area (Å²) >= 11 is 0. The van der Waals surface area contributed by atoms with Crippen LogP contribution in [0.1, 0.15) is 59.3 Å². The maximum atomic E-state index is 6.10. The van der Waals surface area contributed by atoms with Crippen LogP contribution in [0.25, 0.3) is 0 Å². The van der Waals surface area contributed by atoms with Crippen LogP contribution in [0, 0.1) is 23.2 Å². The molecule has 0 aromatic carbocycles. The van der Waals surface area contributed by atoms with E-state index in [1.54, 1.807) is 0 Å². The van der Waals surface area contributed by atoms with Crippen LogP contribution in [0.4, 0.5) is 0 Å². The first-order valence-electron chi connectivity index (χ1n) is 8.42. The highest BCUT2D eigenvalue weighted by molar-refractivity contribution is 5.05. The van der Waals surface area contributed by atoms with Gasteiger partial charge in [0.1, 0.15) is 0 Å². The van der Waals surface area contributed by atoms with E-state index < -0.39 is 0 Å². The monoisotopic (exact) mass is 265 g/mol. The molecule has 19 heavy (non-hydrogen) atoms. The lowest BCUT2D eigenvalue weighted by Gasteiger charge is -2.34. The van der Waals surface area contributed by atoms with Crippen LogP contribution in [0.3, 0.4) is 0 Å². The van der Waals surface area contributed by atoms with E-state index in [0.29, 0.717) is 17.6 Å². The lowest BCUT2D eigenvalue weighted by molar-refractivity contribution is 0.0193. The number of nitrogens with one attached hydrogen (secondary N) is 1. The summed E-state index contributed by atoms with van der Waals surface area (Å²) in [5, 5.41) is 3.74. The lowest BCUT2D eigenvalue weighted by Crippen LogP contribution is -2.37. The summed E-state index contributed by atoms with van der Waals surface area (Å²) in [6, 6.07) is 0. The smallest absolute Gasteiger partial charge is 0.0585 e. The molecule has 2 heteroatoms. The first-order valence-corrected chi connectivity index (χ1v) is 8.42. The number of fused-ring (bicyclic) bond motifs is 1. The molecular weight excluding hydrogens is 234 g/mol. The van der Waals surface area contributed by atoms with Crippen LogP contribution >= 0.6 is 0 Å². The highest BCUT2D eigenvalue weighted by Crippen LogP contribution is 2.61. The van der Waals surface area contributed by atoms with E-state index in [9.17, 15) is 0 Å². The normalized spacial score (nSPS) is 44.8. The van der Waals surface area contributed by atoms with Gasteiger partial charge in [-0.1, -0.05) is 13.8 Å². The fraction of sp³-hybridized carbons (Fsp3) is 1.00. The number of hydrogen-bond acceptors (Lipinski definition) is 2. The Hall–Kier alpha value is -0.0800. The highest BCUT2D eigenvalue weighted by Gasteiger charge is 2.54. The van der Waals surface area contributed by atoms with Gasteiger partial charge in [-0.3, -0.25) is 0 Å². The van der Waals surface area contributed by atoms with Gasteiger partial charge in [0.2, 0.25) is 0 Å². The SMILES string of the molecule is CC(C)CNCC1(CC2CCC(C)O2)CC2CC2C1. The zero-order valence-electron chi connectivity index (χ0n) is 13.0. The van der Waals surface area contributed by atoms with Crippen molar-refractivity contribution in [3.05, 3.63) is 0 Å². The summed E-state index contributed by atoms with van der Waals surface area (Å²) in [7, 11) is 0. The van der Waals surface area contributed by atoms with Gasteiger partial charge in [0, 0.05) is 6.54 Å². The van der Waals surface area contributed by atoms with Gasteiger partial charge in [-0.05, 0) is 75.2 Å². The minimum atomic E-state index is 0.501. The molecule has 2 saturated carbocycles. The molecule has 3 fully saturated rings. The van der Waals surface area contributed by atoms with Crippen molar-refractivity contribution in [2.45, 2.75) is 71.5 Å². The summed E-state index contributed by atoms with van der Waals surface area (Å²) in [5.41, 5.74) is 0.567. The Bertz CT molecular complexity index is 304. The van der Waals surface area contributed by atoms with Crippen molar-refractivity contribution < 1.29 is 4.74 Å². The first kappa shape index (κ1) is 13.9. The van der Waals surface area contributed by atoms with E-state index in [4.69, 9.17) is 4.74 Å². The van der Waals surface area contributed by atoms with Gasteiger partial charge in [-0.15, -0.1) is 0 Å². The number of hydrogen-bond donors (Lipinski definition) is 1. The van der Waals surface area contributed by atoms with Gasteiger partial charge in [0.15, 0.2) is 0 Å². The second-order valence-corrected chi connectivity index (χ2v) is 8.04. The predicted octanol–water partition coefficient (Wildman–Crippen LogP) is 3.61. The molecule has 1 aliphatic heterocycles. The van der Waals surface area contributed by atoms with E-state index in [1.807, 2.05) is 0 Å². The van der Waals surface area contributed by atoms with E-state index >= 15 is 0 Å². The molecule has 0 bridgehead atoms. The summed E-state index contributed by atoms with van der Waals surface area (Å²) in [4.78, 5) is 0. The van der Waals surface area contributed by atoms with E-state index in [1.165, 1.54) is 51.6 Å². The van der Waals surface area contributed by atoms with Crippen LogP contribution < -0.4 is 5.32 Å². The average Bonchev–Trinajstić information content (AvgIpc) is 2.75. The van der Waals surface area contributed by atoms with Crippen molar-refractivity contribution in [1.29, 1.82) is 0 Å². The fourth-order valence-electron chi connectivity index (χ4n) is 4.53. The van der Waals surface area contributed by atoms with Gasteiger partial charge in [-0.2, -0.15) is 0 Å². The van der Waals surface area contributed by atoms with E-state index in [0.717, 1.165) is 17.8 Å². The molecule has 110 valence electrons. The van der Waals surface area contributed by atoms with Gasteiger partial charge in [-0.25, -0.2) is 0 Å². The molecule has 0 spiro atoms. The third-order valence-electron chi connectivity index (χ3n) is 5.49. The zero-order valence-corrected chi connectivity index (χ0v) is 13.0. The molecule has 3 aliphatic rings. The second-order valence-electron chi connectivity index (χ2n) is 8.04. The number of ether oxygens (including phenoxy) is 1. The molecule has 1 saturated heterocycles. The van der Waals surface area contributed by atoms with E-state index in [-0.39, 0.29) is 0 Å². The standard InChI is InChI=1S/C17H31NO/c1-12(2)10-18-11-17(7-14-6-15(14)8-17)9-16-5-4-13(3)19-16/h12-16,18H,4-11H2,1-3H3. The minimum absolute atomic E-state index is 0.501. The van der Waals surface area contributed by atoms with Crippen LogP contribution in [-0.2, 0) is 4.74 Å². The Kier molecular flexibility index (Phi) is 3.92. The van der Waals surface area contributed by atoms with Crippen LogP contribution in [0.5, 0.6) is 0 Å². The van der Waals surface area contributed by atoms with Crippen LogP contribution in [0.15, 0.2) is 0 Å². The van der Waals surface area contributed by atoms with Gasteiger partial charge in [0.25, 0.3) is 0 Å². The maximum absolute atomic E-state index is 6.10. The van der Waals surface area contributed by atoms with Crippen LogP contribution in [-0.4, -0.2) is 25.3 Å². The molecule has 0 aromatic rings. The molecule has 0 radical (unpaired) electrons. The summed E-state index contributed by atoms with van der Waals surface area (Å²) in [5.74, 6) is 2.90. The Morgan fingerprint density at radius 2 is 1.95 bits per heavy atom. The topological polar surface area (TPSA) is 21.3 Å².